The van der Waals surface area contributed by atoms with Gasteiger partial charge in [-0.15, -0.1) is 0 Å². The minimum Gasteiger partial charge on any atom is -0.479 e. The molecule has 10 unspecified atom stereocenters. The number of aliphatic hydroxyl groups excluding tert-OH is 12. The van der Waals surface area contributed by atoms with Crippen molar-refractivity contribution in [1.29, 1.82) is 0 Å². The summed E-state index contributed by atoms with van der Waals surface area (Å²) in [6.07, 6.45) is -15.1. The number of ether oxygens (including phenoxy) is 3. The highest BCUT2D eigenvalue weighted by Gasteiger charge is 2.36. The highest BCUT2D eigenvalue weighted by molar-refractivity contribution is 5.80. The lowest BCUT2D eigenvalue weighted by molar-refractivity contribution is -0.167. The molecule has 0 aliphatic carbocycles. The van der Waals surface area contributed by atoms with Crippen molar-refractivity contribution >= 4 is 11.9 Å². The Labute approximate surface area is 310 Å². The second-order valence-electron chi connectivity index (χ2n) is 13.7. The molecule has 316 valence electrons. The number of hydrogen-bond acceptors (Lipinski definition) is 18. The Hall–Kier alpha value is -1.70. The molecular formula is C33H66N2O18. The molecule has 0 saturated heterocycles. The van der Waals surface area contributed by atoms with Gasteiger partial charge >= 0.3 is 5.97 Å². The Morgan fingerprint density at radius 1 is 0.698 bits per heavy atom. The lowest BCUT2D eigenvalue weighted by atomic mass is 9.94. The number of nitrogens with zero attached hydrogens (tertiary/aromatic N) is 1. The average molecular weight is 779 g/mol. The van der Waals surface area contributed by atoms with E-state index in [9.17, 15) is 60.7 Å². The van der Waals surface area contributed by atoms with Crippen LogP contribution in [0.3, 0.4) is 0 Å². The number of rotatable bonds is 32. The minimum atomic E-state index is -1.75. The number of aliphatic hydroxyl groups is 12. The van der Waals surface area contributed by atoms with Gasteiger partial charge in [0.15, 0.2) is 12.2 Å². The van der Waals surface area contributed by atoms with Crippen LogP contribution in [0.5, 0.6) is 0 Å². The second-order valence-corrected chi connectivity index (χ2v) is 13.7. The molecule has 14 N–H and O–H groups in total. The minimum absolute atomic E-state index is 0.00630. The third-order valence-corrected chi connectivity index (χ3v) is 9.20. The lowest BCUT2D eigenvalue weighted by Gasteiger charge is -2.36. The molecule has 20 heteroatoms. The zero-order valence-corrected chi connectivity index (χ0v) is 31.2. The van der Waals surface area contributed by atoms with Crippen molar-refractivity contribution < 1.29 is 90.2 Å². The molecule has 0 aliphatic heterocycles. The van der Waals surface area contributed by atoms with E-state index in [1.807, 2.05) is 0 Å². The summed E-state index contributed by atoms with van der Waals surface area (Å²) >= 11 is 0. The number of carboxylic acid groups (broad SMARTS) is 1. The lowest BCUT2D eigenvalue weighted by Crippen LogP contribution is -2.51. The average Bonchev–Trinajstić information content (AvgIpc) is 3.11. The first-order valence-corrected chi connectivity index (χ1v) is 17.8. The molecule has 0 rings (SSSR count). The van der Waals surface area contributed by atoms with Crippen LogP contribution in [0.2, 0.25) is 0 Å². The van der Waals surface area contributed by atoms with Gasteiger partial charge in [0.2, 0.25) is 0 Å². The fourth-order valence-electron chi connectivity index (χ4n) is 5.05. The van der Waals surface area contributed by atoms with E-state index in [4.69, 9.17) is 29.5 Å². The molecule has 0 bridgehead atoms. The van der Waals surface area contributed by atoms with Crippen molar-refractivity contribution in [2.24, 2.45) is 0 Å². The largest absolute Gasteiger partial charge is 0.479 e. The molecule has 0 saturated carbocycles. The Balaban J connectivity index is 5.20. The van der Waals surface area contributed by atoms with Gasteiger partial charge in [0.1, 0.15) is 18.3 Å². The van der Waals surface area contributed by atoms with Crippen molar-refractivity contribution in [2.75, 3.05) is 65.8 Å². The maximum absolute atomic E-state index is 12.7. The van der Waals surface area contributed by atoms with Gasteiger partial charge < -0.3 is 85.9 Å². The number of carbonyl (C=O) groups is 2. The normalized spacial score (nSPS) is 20.2. The van der Waals surface area contributed by atoms with E-state index in [1.165, 1.54) is 4.90 Å². The molecule has 0 aliphatic rings. The van der Waals surface area contributed by atoms with Gasteiger partial charge in [-0.3, -0.25) is 9.69 Å². The van der Waals surface area contributed by atoms with Crippen LogP contribution >= 0.6 is 0 Å². The molecule has 12 atom stereocenters. The molecule has 20 nitrogen and oxygen atoms in total. The SMILES string of the molecule is CCC(C)(CC(O)COC(C)(CC)C(O)COCC(O)C(=O)O)OCC(O)C(=O)NCCN(CC(O)[C@@H](O)C(O)CCO)CC(O)[C@@H](O)C(O)CCO. The first-order valence-electron chi connectivity index (χ1n) is 17.8. The van der Waals surface area contributed by atoms with Crippen LogP contribution in [0.4, 0.5) is 0 Å². The van der Waals surface area contributed by atoms with E-state index in [1.54, 1.807) is 27.7 Å². The second kappa shape index (κ2) is 26.2. The zero-order chi connectivity index (χ0) is 40.9. The summed E-state index contributed by atoms with van der Waals surface area (Å²) in [6, 6.07) is 0. The van der Waals surface area contributed by atoms with Crippen molar-refractivity contribution in [3.8, 4) is 0 Å². The summed E-state index contributed by atoms with van der Waals surface area (Å²) in [5.74, 6) is -2.32. The third kappa shape index (κ3) is 19.6. The van der Waals surface area contributed by atoms with Crippen molar-refractivity contribution in [3.05, 3.63) is 0 Å². The number of nitrogens with one attached hydrogen (secondary N) is 1. The Morgan fingerprint density at radius 2 is 1.23 bits per heavy atom. The van der Waals surface area contributed by atoms with Gasteiger partial charge in [0.05, 0.1) is 68.1 Å². The van der Waals surface area contributed by atoms with E-state index in [0.717, 1.165) is 0 Å². The summed E-state index contributed by atoms with van der Waals surface area (Å²) < 4.78 is 16.7. The maximum Gasteiger partial charge on any atom is 0.334 e. The zero-order valence-electron chi connectivity index (χ0n) is 31.2. The maximum atomic E-state index is 12.7. The molecular weight excluding hydrogens is 712 g/mol. The monoisotopic (exact) mass is 778 g/mol. The molecule has 1 amide bonds. The quantitative estimate of drug-likeness (QED) is 0.0303. The van der Waals surface area contributed by atoms with Crippen molar-refractivity contribution in [1.82, 2.24) is 10.2 Å². The van der Waals surface area contributed by atoms with E-state index in [2.05, 4.69) is 5.32 Å². The third-order valence-electron chi connectivity index (χ3n) is 9.20. The summed E-state index contributed by atoms with van der Waals surface area (Å²) in [4.78, 5) is 24.8. The molecule has 0 radical (unpaired) electrons. The number of carbonyl (C=O) groups excluding carboxylic acids is 1. The Morgan fingerprint density at radius 3 is 1.68 bits per heavy atom. The van der Waals surface area contributed by atoms with Gasteiger partial charge in [-0.25, -0.2) is 4.79 Å². The standard InChI is InChI=1S/C33H66N2O18/c1-5-32(3,13-20(38)16-53-33(4,6-2)27(45)19-51-17-26(44)31(49)50)52-18-25(43)30(48)34-9-10-35(14-23(41)28(46)21(39)7-11-36)15-24(42)29(47)22(40)8-12-37/h20-29,36-47H,5-19H2,1-4H3,(H,34,48)(H,49,50)/t20?,21?,22?,23?,24?,25?,26?,27?,28-,29-,32?,33?/m0/s1. The summed E-state index contributed by atoms with van der Waals surface area (Å²) in [6.45, 7) is 3.18. The van der Waals surface area contributed by atoms with E-state index in [0.29, 0.717) is 12.8 Å². The van der Waals surface area contributed by atoms with Crippen LogP contribution in [0.1, 0.15) is 59.8 Å². The van der Waals surface area contributed by atoms with Gasteiger partial charge in [-0.2, -0.15) is 0 Å². The number of aliphatic carboxylic acids is 1. The summed E-state index contributed by atoms with van der Waals surface area (Å²) in [5, 5.41) is 132. The first kappa shape index (κ1) is 51.3. The van der Waals surface area contributed by atoms with Crippen LogP contribution in [-0.4, -0.2) is 221 Å². The summed E-state index contributed by atoms with van der Waals surface area (Å²) in [7, 11) is 0. The molecule has 53 heavy (non-hydrogen) atoms. The molecule has 0 spiro atoms. The van der Waals surface area contributed by atoms with E-state index >= 15 is 0 Å². The van der Waals surface area contributed by atoms with Gasteiger partial charge in [-0.1, -0.05) is 13.8 Å². The molecule has 0 aromatic heterocycles. The Bertz CT molecular complexity index is 976. The fraction of sp³-hybridized carbons (Fsp3) is 0.939. The predicted octanol–water partition coefficient (Wildman–Crippen LogP) is -5.36. The van der Waals surface area contributed by atoms with Gasteiger partial charge in [0.25, 0.3) is 5.91 Å². The van der Waals surface area contributed by atoms with Crippen molar-refractivity contribution in [2.45, 2.75) is 132 Å². The first-order chi connectivity index (χ1) is 24.7. The van der Waals surface area contributed by atoms with E-state index < -0.39 is 111 Å². The predicted molar refractivity (Wildman–Crippen MR) is 185 cm³/mol. The van der Waals surface area contributed by atoms with Crippen LogP contribution in [0, 0.1) is 0 Å². The highest BCUT2D eigenvalue weighted by atomic mass is 16.5. The van der Waals surface area contributed by atoms with Crippen LogP contribution in [0.15, 0.2) is 0 Å². The smallest absolute Gasteiger partial charge is 0.334 e. The van der Waals surface area contributed by atoms with Crippen LogP contribution < -0.4 is 5.32 Å². The molecule has 0 aromatic rings. The number of carboxylic acids is 1. The topological polar surface area (TPSA) is 340 Å². The van der Waals surface area contributed by atoms with E-state index in [-0.39, 0.29) is 58.7 Å². The van der Waals surface area contributed by atoms with Crippen LogP contribution in [0.25, 0.3) is 0 Å². The fourth-order valence-corrected chi connectivity index (χ4v) is 5.05. The molecule has 0 aromatic carbocycles. The highest BCUT2D eigenvalue weighted by Crippen LogP contribution is 2.26. The van der Waals surface area contributed by atoms with Crippen molar-refractivity contribution in [3.63, 3.8) is 0 Å². The molecule has 0 heterocycles. The number of amides is 1. The number of hydrogen-bond donors (Lipinski definition) is 14. The molecule has 0 fully saturated rings. The summed E-state index contributed by atoms with van der Waals surface area (Å²) in [5.41, 5.74) is -2.23. The van der Waals surface area contributed by atoms with Gasteiger partial charge in [0, 0.05) is 45.8 Å². The van der Waals surface area contributed by atoms with Gasteiger partial charge in [-0.05, 0) is 39.5 Å². The Kier molecular flexibility index (Phi) is 25.4. The van der Waals surface area contributed by atoms with Crippen LogP contribution in [-0.2, 0) is 23.8 Å².